The standard InChI is InChI=1S/C10H9F4NO2/c11-7-3-1-6(2-4-7)5-9(15,8(16)17)10(12,13)14/h1-4H,5,15H2,(H,16,17). The van der Waals surface area contributed by atoms with E-state index in [9.17, 15) is 22.4 Å². The first-order valence-electron chi connectivity index (χ1n) is 4.50. The molecule has 0 bridgehead atoms. The molecule has 0 spiro atoms. The summed E-state index contributed by atoms with van der Waals surface area (Å²) in [6, 6.07) is 4.00. The lowest BCUT2D eigenvalue weighted by atomic mass is 9.91. The molecule has 0 aromatic heterocycles. The summed E-state index contributed by atoms with van der Waals surface area (Å²) in [4.78, 5) is 10.6. The summed E-state index contributed by atoms with van der Waals surface area (Å²) in [5.41, 5.74) is 1.49. The number of aliphatic carboxylic acids is 1. The summed E-state index contributed by atoms with van der Waals surface area (Å²) in [5, 5.41) is 8.56. The molecule has 0 saturated heterocycles. The topological polar surface area (TPSA) is 63.3 Å². The Bertz CT molecular complexity index is 415. The van der Waals surface area contributed by atoms with Crippen LogP contribution in [0.5, 0.6) is 0 Å². The Morgan fingerprint density at radius 2 is 1.71 bits per heavy atom. The summed E-state index contributed by atoms with van der Waals surface area (Å²) >= 11 is 0. The van der Waals surface area contributed by atoms with Crippen LogP contribution in [0.2, 0.25) is 0 Å². The third-order valence-corrected chi connectivity index (χ3v) is 2.28. The number of benzene rings is 1. The third kappa shape index (κ3) is 2.73. The fraction of sp³-hybridized carbons (Fsp3) is 0.300. The lowest BCUT2D eigenvalue weighted by molar-refractivity contribution is -0.201. The number of halogens is 4. The highest BCUT2D eigenvalue weighted by molar-refractivity contribution is 5.80. The van der Waals surface area contributed by atoms with Crippen molar-refractivity contribution < 1.29 is 27.5 Å². The zero-order valence-electron chi connectivity index (χ0n) is 8.46. The van der Waals surface area contributed by atoms with E-state index in [0.29, 0.717) is 0 Å². The molecule has 17 heavy (non-hydrogen) atoms. The van der Waals surface area contributed by atoms with E-state index in [2.05, 4.69) is 0 Å². The maximum atomic E-state index is 12.5. The van der Waals surface area contributed by atoms with Gasteiger partial charge in [-0.3, -0.25) is 0 Å². The van der Waals surface area contributed by atoms with Crippen molar-refractivity contribution in [2.24, 2.45) is 5.73 Å². The van der Waals surface area contributed by atoms with Crippen LogP contribution < -0.4 is 5.73 Å². The van der Waals surface area contributed by atoms with Crippen LogP contribution in [0.1, 0.15) is 5.56 Å². The van der Waals surface area contributed by atoms with Crippen LogP contribution in [-0.2, 0) is 11.2 Å². The lowest BCUT2D eigenvalue weighted by Crippen LogP contribution is -2.61. The second kappa shape index (κ2) is 4.33. The predicted molar refractivity (Wildman–Crippen MR) is 50.7 cm³/mol. The molecule has 0 aliphatic heterocycles. The van der Waals surface area contributed by atoms with Crippen LogP contribution in [0.15, 0.2) is 24.3 Å². The molecule has 0 radical (unpaired) electrons. The SMILES string of the molecule is NC(Cc1ccc(F)cc1)(C(=O)O)C(F)(F)F. The van der Waals surface area contributed by atoms with Crippen molar-refractivity contribution in [1.29, 1.82) is 0 Å². The molecule has 94 valence electrons. The molecule has 1 atom stereocenters. The molecule has 1 aromatic rings. The van der Waals surface area contributed by atoms with Gasteiger partial charge in [0.1, 0.15) is 5.82 Å². The molecule has 3 nitrogen and oxygen atoms in total. The fourth-order valence-corrected chi connectivity index (χ4v) is 1.22. The van der Waals surface area contributed by atoms with Crippen molar-refractivity contribution in [2.75, 3.05) is 0 Å². The monoisotopic (exact) mass is 251 g/mol. The van der Waals surface area contributed by atoms with Gasteiger partial charge in [0.05, 0.1) is 0 Å². The van der Waals surface area contributed by atoms with E-state index in [1.165, 1.54) is 0 Å². The van der Waals surface area contributed by atoms with E-state index in [0.717, 1.165) is 24.3 Å². The Morgan fingerprint density at radius 1 is 1.24 bits per heavy atom. The summed E-state index contributed by atoms with van der Waals surface area (Å²) in [5.74, 6) is -2.80. The van der Waals surface area contributed by atoms with Gasteiger partial charge in [-0.1, -0.05) is 12.1 Å². The van der Waals surface area contributed by atoms with Gasteiger partial charge in [-0.2, -0.15) is 13.2 Å². The average Bonchev–Trinajstić information content (AvgIpc) is 2.19. The van der Waals surface area contributed by atoms with Crippen molar-refractivity contribution in [2.45, 2.75) is 18.1 Å². The molecule has 1 unspecified atom stereocenters. The number of nitrogens with two attached hydrogens (primary N) is 1. The second-order valence-corrected chi connectivity index (χ2v) is 3.58. The van der Waals surface area contributed by atoms with Gasteiger partial charge in [-0.15, -0.1) is 0 Å². The first-order valence-corrected chi connectivity index (χ1v) is 4.50. The van der Waals surface area contributed by atoms with Crippen molar-refractivity contribution >= 4 is 5.97 Å². The minimum absolute atomic E-state index is 0.00590. The molecular weight excluding hydrogens is 242 g/mol. The molecular formula is C10H9F4NO2. The van der Waals surface area contributed by atoms with Crippen molar-refractivity contribution in [1.82, 2.24) is 0 Å². The number of carboxylic acid groups (broad SMARTS) is 1. The van der Waals surface area contributed by atoms with Crippen molar-refractivity contribution in [3.05, 3.63) is 35.6 Å². The smallest absolute Gasteiger partial charge is 0.417 e. The Labute approximate surface area is 93.8 Å². The van der Waals surface area contributed by atoms with Gasteiger partial charge in [0.15, 0.2) is 0 Å². The molecule has 1 aromatic carbocycles. The Balaban J connectivity index is 3.04. The molecule has 1 rings (SSSR count). The number of hydrogen-bond donors (Lipinski definition) is 2. The Hall–Kier alpha value is -1.63. The third-order valence-electron chi connectivity index (χ3n) is 2.28. The van der Waals surface area contributed by atoms with Gasteiger partial charge in [0.25, 0.3) is 0 Å². The van der Waals surface area contributed by atoms with Gasteiger partial charge < -0.3 is 10.8 Å². The minimum atomic E-state index is -5.09. The fourth-order valence-electron chi connectivity index (χ4n) is 1.22. The summed E-state index contributed by atoms with van der Waals surface area (Å²) in [6.45, 7) is 0. The largest absolute Gasteiger partial charge is 0.480 e. The first kappa shape index (κ1) is 13.4. The molecule has 0 heterocycles. The maximum Gasteiger partial charge on any atom is 0.417 e. The Morgan fingerprint density at radius 3 is 2.06 bits per heavy atom. The van der Waals surface area contributed by atoms with Crippen LogP contribution >= 0.6 is 0 Å². The number of carboxylic acids is 1. The van der Waals surface area contributed by atoms with Gasteiger partial charge in [-0.05, 0) is 17.7 Å². The molecule has 0 amide bonds. The van der Waals surface area contributed by atoms with Gasteiger partial charge >= 0.3 is 12.1 Å². The van der Waals surface area contributed by atoms with Gasteiger partial charge in [0.2, 0.25) is 5.54 Å². The lowest BCUT2D eigenvalue weighted by Gasteiger charge is -2.27. The second-order valence-electron chi connectivity index (χ2n) is 3.58. The highest BCUT2D eigenvalue weighted by Crippen LogP contribution is 2.31. The van der Waals surface area contributed by atoms with E-state index in [1.807, 2.05) is 0 Å². The van der Waals surface area contributed by atoms with Crippen molar-refractivity contribution in [3.8, 4) is 0 Å². The van der Waals surface area contributed by atoms with Crippen LogP contribution in [-0.4, -0.2) is 22.8 Å². The highest BCUT2D eigenvalue weighted by atomic mass is 19.4. The zero-order valence-corrected chi connectivity index (χ0v) is 8.46. The molecule has 3 N–H and O–H groups in total. The summed E-state index contributed by atoms with van der Waals surface area (Å²) < 4.78 is 50.2. The maximum absolute atomic E-state index is 12.5. The zero-order chi connectivity index (χ0) is 13.3. The van der Waals surface area contributed by atoms with E-state index >= 15 is 0 Å². The van der Waals surface area contributed by atoms with E-state index in [-0.39, 0.29) is 5.56 Å². The first-order chi connectivity index (χ1) is 7.67. The quantitative estimate of drug-likeness (QED) is 0.804. The number of hydrogen-bond acceptors (Lipinski definition) is 2. The van der Waals surface area contributed by atoms with Crippen LogP contribution in [0, 0.1) is 5.82 Å². The van der Waals surface area contributed by atoms with Crippen LogP contribution in [0.25, 0.3) is 0 Å². The van der Waals surface area contributed by atoms with E-state index < -0.39 is 29.9 Å². The number of carbonyl (C=O) groups is 1. The normalized spacial score (nSPS) is 15.4. The summed E-state index contributed by atoms with van der Waals surface area (Å²) in [6.07, 6.45) is -6.04. The number of alkyl halides is 3. The molecule has 7 heteroatoms. The highest BCUT2D eigenvalue weighted by Gasteiger charge is 2.58. The van der Waals surface area contributed by atoms with Crippen LogP contribution in [0.4, 0.5) is 17.6 Å². The predicted octanol–water partition coefficient (Wildman–Crippen LogP) is 1.71. The molecule has 0 aliphatic carbocycles. The molecule has 0 aliphatic rings. The summed E-state index contributed by atoms with van der Waals surface area (Å²) in [7, 11) is 0. The number of rotatable bonds is 3. The van der Waals surface area contributed by atoms with E-state index in [1.54, 1.807) is 0 Å². The Kier molecular flexibility index (Phi) is 3.42. The average molecular weight is 251 g/mol. The molecule has 0 saturated carbocycles. The minimum Gasteiger partial charge on any atom is -0.480 e. The van der Waals surface area contributed by atoms with E-state index in [4.69, 9.17) is 10.8 Å². The van der Waals surface area contributed by atoms with Crippen LogP contribution in [0.3, 0.4) is 0 Å². The molecule has 0 fully saturated rings. The van der Waals surface area contributed by atoms with Crippen molar-refractivity contribution in [3.63, 3.8) is 0 Å². The van der Waals surface area contributed by atoms with Gasteiger partial charge in [0, 0.05) is 6.42 Å². The van der Waals surface area contributed by atoms with Gasteiger partial charge in [-0.25, -0.2) is 9.18 Å².